The summed E-state index contributed by atoms with van der Waals surface area (Å²) in [5, 5.41) is 4.19. The topological polar surface area (TPSA) is 50.6 Å². The van der Waals surface area contributed by atoms with E-state index in [1.54, 1.807) is 6.20 Å². The number of anilines is 1. The first-order chi connectivity index (χ1) is 14.0. The van der Waals surface area contributed by atoms with Crippen molar-refractivity contribution in [2.24, 2.45) is 11.8 Å². The van der Waals surface area contributed by atoms with Crippen molar-refractivity contribution in [3.05, 3.63) is 46.4 Å². The Labute approximate surface area is 168 Å². The summed E-state index contributed by atoms with van der Waals surface area (Å²) in [6, 6.07) is 2.94. The van der Waals surface area contributed by atoms with Gasteiger partial charge in [0.15, 0.2) is 0 Å². The van der Waals surface area contributed by atoms with Crippen molar-refractivity contribution in [3.63, 3.8) is 0 Å². The third kappa shape index (κ3) is 4.27. The average Bonchev–Trinajstić information content (AvgIpc) is 3.45. The Morgan fingerprint density at radius 1 is 1.10 bits per heavy atom. The maximum atomic E-state index is 13.7. The lowest BCUT2D eigenvalue weighted by atomic mass is 10.2. The van der Waals surface area contributed by atoms with Gasteiger partial charge in [-0.15, -0.1) is 0 Å². The number of likely N-dealkylation sites (N-methyl/N-ethyl adjacent to an activating group) is 1. The molecule has 2 aromatic rings. The van der Waals surface area contributed by atoms with Crippen molar-refractivity contribution < 1.29 is 13.5 Å². The fraction of sp³-hybridized carbons (Fsp3) is 0.524. The second-order valence-corrected chi connectivity index (χ2v) is 7.97. The number of hydrogen-bond donors (Lipinski definition) is 0. The molecule has 2 heterocycles. The molecule has 0 bridgehead atoms. The van der Waals surface area contributed by atoms with Gasteiger partial charge in [0.05, 0.1) is 18.5 Å². The summed E-state index contributed by atoms with van der Waals surface area (Å²) in [4.78, 5) is 17.5. The molecule has 2 fully saturated rings. The molecule has 1 aromatic heterocycles. The molecule has 2 aliphatic rings. The molecular weight excluding hydrogens is 378 g/mol. The molecule has 6 nitrogen and oxygen atoms in total. The van der Waals surface area contributed by atoms with Gasteiger partial charge in [-0.05, 0) is 37.4 Å². The van der Waals surface area contributed by atoms with Crippen molar-refractivity contribution in [2.75, 3.05) is 44.7 Å². The Morgan fingerprint density at radius 2 is 1.79 bits per heavy atom. The summed E-state index contributed by atoms with van der Waals surface area (Å²) in [5.74, 6) is -0.224. The zero-order valence-corrected chi connectivity index (χ0v) is 16.8. The fourth-order valence-corrected chi connectivity index (χ4v) is 3.89. The van der Waals surface area contributed by atoms with Crippen LogP contribution in [-0.4, -0.2) is 54.5 Å². The molecule has 0 amide bonds. The summed E-state index contributed by atoms with van der Waals surface area (Å²) in [6.07, 6.45) is 3.77. The summed E-state index contributed by atoms with van der Waals surface area (Å²) >= 11 is 0. The first kappa shape index (κ1) is 19.8. The molecule has 0 spiro atoms. The number of ether oxygens (including phenoxy) is 1. The molecule has 1 aliphatic heterocycles. The zero-order chi connectivity index (χ0) is 20.5. The quantitative estimate of drug-likeness (QED) is 0.741. The Kier molecular flexibility index (Phi) is 5.54. The Balaban J connectivity index is 1.69. The normalized spacial score (nSPS) is 22.0. The van der Waals surface area contributed by atoms with E-state index in [1.807, 2.05) is 0 Å². The molecule has 2 atom stereocenters. The van der Waals surface area contributed by atoms with Crippen LogP contribution < -0.4 is 15.2 Å². The highest BCUT2D eigenvalue weighted by molar-refractivity contribution is 5.57. The Bertz CT molecular complexity index is 921. The fourth-order valence-electron chi connectivity index (χ4n) is 3.89. The minimum atomic E-state index is -0.761. The van der Waals surface area contributed by atoms with Crippen LogP contribution in [0.2, 0.25) is 0 Å². The van der Waals surface area contributed by atoms with E-state index in [1.165, 1.54) is 0 Å². The molecule has 1 saturated carbocycles. The minimum Gasteiger partial charge on any atom is -0.486 e. The maximum absolute atomic E-state index is 13.7. The monoisotopic (exact) mass is 404 g/mol. The van der Waals surface area contributed by atoms with Gasteiger partial charge in [-0.2, -0.15) is 9.78 Å². The third-order valence-electron chi connectivity index (χ3n) is 5.89. The van der Waals surface area contributed by atoms with Crippen molar-refractivity contribution in [3.8, 4) is 11.4 Å². The number of rotatable bonds is 6. The van der Waals surface area contributed by atoms with Crippen molar-refractivity contribution in [1.82, 2.24) is 14.7 Å². The molecule has 0 unspecified atom stereocenters. The standard InChI is InChI=1S/C21H26F2N4O2/c1-3-14-8-15(14)13-29-20-19(26-6-4-25(2)5-7-26)12-24-27(21(20)28)18-10-16(22)9-17(23)11-18/h9-12,14-15H,3-8,13H2,1-2H3/t14-,15+/m0/s1. The van der Waals surface area contributed by atoms with Gasteiger partial charge in [0.25, 0.3) is 0 Å². The molecule has 1 aliphatic carbocycles. The number of halogens is 2. The SMILES string of the molecule is CC[C@H]1C[C@@H]1COc1c(N2CCN(C)CC2)cnn(-c2cc(F)cc(F)c2)c1=O. The van der Waals surface area contributed by atoms with E-state index in [4.69, 9.17) is 4.74 Å². The van der Waals surface area contributed by atoms with Crippen LogP contribution in [0.5, 0.6) is 5.75 Å². The maximum Gasteiger partial charge on any atom is 0.316 e. The van der Waals surface area contributed by atoms with Crippen LogP contribution >= 0.6 is 0 Å². The summed E-state index contributed by atoms with van der Waals surface area (Å²) < 4.78 is 34.4. The number of benzene rings is 1. The number of piperazine rings is 1. The van der Waals surface area contributed by atoms with Gasteiger partial charge in [-0.1, -0.05) is 13.3 Å². The number of aromatic nitrogens is 2. The molecular formula is C21H26F2N4O2. The lowest BCUT2D eigenvalue weighted by molar-refractivity contribution is 0.280. The molecule has 156 valence electrons. The lowest BCUT2D eigenvalue weighted by Gasteiger charge is -2.34. The summed E-state index contributed by atoms with van der Waals surface area (Å²) in [6.45, 7) is 5.88. The van der Waals surface area contributed by atoms with E-state index in [9.17, 15) is 13.6 Å². The van der Waals surface area contributed by atoms with Crippen LogP contribution in [-0.2, 0) is 0 Å². The predicted octanol–water partition coefficient (Wildman–Crippen LogP) is 2.69. The van der Waals surface area contributed by atoms with Crippen LogP contribution in [0.25, 0.3) is 5.69 Å². The van der Waals surface area contributed by atoms with Gasteiger partial charge in [-0.25, -0.2) is 8.78 Å². The predicted molar refractivity (Wildman–Crippen MR) is 107 cm³/mol. The molecule has 0 radical (unpaired) electrons. The summed E-state index contributed by atoms with van der Waals surface area (Å²) in [5.41, 5.74) is 0.185. The molecule has 29 heavy (non-hydrogen) atoms. The van der Waals surface area contributed by atoms with Gasteiger partial charge < -0.3 is 14.5 Å². The summed E-state index contributed by atoms with van der Waals surface area (Å²) in [7, 11) is 2.06. The van der Waals surface area contributed by atoms with Crippen LogP contribution in [0, 0.1) is 23.5 Å². The van der Waals surface area contributed by atoms with E-state index in [2.05, 4.69) is 28.9 Å². The first-order valence-electron chi connectivity index (χ1n) is 10.1. The third-order valence-corrected chi connectivity index (χ3v) is 5.89. The Morgan fingerprint density at radius 3 is 2.41 bits per heavy atom. The highest BCUT2D eigenvalue weighted by Gasteiger charge is 2.36. The van der Waals surface area contributed by atoms with Crippen molar-refractivity contribution in [1.29, 1.82) is 0 Å². The van der Waals surface area contributed by atoms with E-state index < -0.39 is 17.2 Å². The van der Waals surface area contributed by atoms with E-state index in [0.29, 0.717) is 24.1 Å². The smallest absolute Gasteiger partial charge is 0.316 e. The largest absolute Gasteiger partial charge is 0.486 e. The van der Waals surface area contributed by atoms with Crippen LogP contribution in [0.15, 0.2) is 29.2 Å². The second-order valence-electron chi connectivity index (χ2n) is 7.97. The lowest BCUT2D eigenvalue weighted by Crippen LogP contribution is -2.45. The number of nitrogens with zero attached hydrogens (tertiary/aromatic N) is 4. The van der Waals surface area contributed by atoms with Gasteiger partial charge in [0.2, 0.25) is 5.75 Å². The van der Waals surface area contributed by atoms with Crippen molar-refractivity contribution >= 4 is 5.69 Å². The van der Waals surface area contributed by atoms with Gasteiger partial charge in [-0.3, -0.25) is 4.79 Å². The number of hydrogen-bond acceptors (Lipinski definition) is 5. The minimum absolute atomic E-state index is 0.0418. The molecule has 8 heteroatoms. The highest BCUT2D eigenvalue weighted by atomic mass is 19.1. The first-order valence-corrected chi connectivity index (χ1v) is 10.1. The molecule has 4 rings (SSSR count). The van der Waals surface area contributed by atoms with Gasteiger partial charge >= 0.3 is 5.56 Å². The van der Waals surface area contributed by atoms with Crippen LogP contribution in [0.3, 0.4) is 0 Å². The average molecular weight is 404 g/mol. The Hall–Kier alpha value is -2.48. The molecule has 1 saturated heterocycles. The van der Waals surface area contributed by atoms with Gasteiger partial charge in [0, 0.05) is 32.2 Å². The van der Waals surface area contributed by atoms with Crippen molar-refractivity contribution in [2.45, 2.75) is 19.8 Å². The van der Waals surface area contributed by atoms with E-state index in [-0.39, 0.29) is 11.4 Å². The van der Waals surface area contributed by atoms with E-state index in [0.717, 1.165) is 61.9 Å². The van der Waals surface area contributed by atoms with Crippen LogP contribution in [0.4, 0.5) is 14.5 Å². The molecule has 0 N–H and O–H groups in total. The van der Waals surface area contributed by atoms with Gasteiger partial charge in [0.1, 0.15) is 17.3 Å². The highest BCUT2D eigenvalue weighted by Crippen LogP contribution is 2.41. The van der Waals surface area contributed by atoms with E-state index >= 15 is 0 Å². The zero-order valence-electron chi connectivity index (χ0n) is 16.8. The second kappa shape index (κ2) is 8.10. The molecule has 1 aromatic carbocycles. The van der Waals surface area contributed by atoms with Crippen LogP contribution in [0.1, 0.15) is 19.8 Å².